The molecule has 2 aromatic carbocycles. The zero-order valence-electron chi connectivity index (χ0n) is 15.3. The third kappa shape index (κ3) is 3.55. The van der Waals surface area contributed by atoms with Crippen molar-refractivity contribution < 1.29 is 4.79 Å². The van der Waals surface area contributed by atoms with E-state index in [4.69, 9.17) is 0 Å². The van der Waals surface area contributed by atoms with Crippen molar-refractivity contribution in [1.29, 1.82) is 0 Å². The van der Waals surface area contributed by atoms with Gasteiger partial charge in [0.2, 0.25) is 0 Å². The van der Waals surface area contributed by atoms with Crippen LogP contribution >= 0.6 is 0 Å². The van der Waals surface area contributed by atoms with E-state index < -0.39 is 0 Å². The van der Waals surface area contributed by atoms with Crippen molar-refractivity contribution in [3.8, 4) is 11.1 Å². The highest BCUT2D eigenvalue weighted by atomic mass is 16.2. The second-order valence-electron chi connectivity index (χ2n) is 6.91. The Morgan fingerprint density at radius 3 is 2.16 bits per heavy atom. The van der Waals surface area contributed by atoms with Gasteiger partial charge in [-0.05, 0) is 55.0 Å². The standard InChI is InChI=1S/C22H24N2O/c1-15(2)14-21-16(3)23-24(17(21)4)22(25)20-12-10-19(11-13-20)18-8-6-5-7-9-18/h5-13,15H,14H2,1-4H3. The molecule has 0 unspecified atom stereocenters. The van der Waals surface area contributed by atoms with Crippen LogP contribution < -0.4 is 0 Å². The Kier molecular flexibility index (Phi) is 4.84. The molecule has 0 bridgehead atoms. The molecule has 0 aliphatic heterocycles. The fourth-order valence-electron chi connectivity index (χ4n) is 3.13. The lowest BCUT2D eigenvalue weighted by Gasteiger charge is -2.07. The lowest BCUT2D eigenvalue weighted by Crippen LogP contribution is -2.15. The largest absolute Gasteiger partial charge is 0.278 e. The number of nitrogens with zero attached hydrogens (tertiary/aromatic N) is 2. The minimum absolute atomic E-state index is 0.0739. The van der Waals surface area contributed by atoms with Crippen LogP contribution in [0.3, 0.4) is 0 Å². The Morgan fingerprint density at radius 1 is 0.960 bits per heavy atom. The molecular formula is C22H24N2O. The molecule has 25 heavy (non-hydrogen) atoms. The van der Waals surface area contributed by atoms with Gasteiger partial charge in [0.1, 0.15) is 0 Å². The number of hydrogen-bond acceptors (Lipinski definition) is 2. The highest BCUT2D eigenvalue weighted by Gasteiger charge is 2.18. The van der Waals surface area contributed by atoms with Crippen LogP contribution in [0.15, 0.2) is 54.6 Å². The van der Waals surface area contributed by atoms with Crippen LogP contribution in [0.25, 0.3) is 11.1 Å². The molecule has 0 N–H and O–H groups in total. The first-order valence-corrected chi connectivity index (χ1v) is 8.72. The molecule has 3 nitrogen and oxygen atoms in total. The van der Waals surface area contributed by atoms with Crippen LogP contribution in [-0.4, -0.2) is 15.7 Å². The smallest absolute Gasteiger partial charge is 0.267 e. The number of benzene rings is 2. The first-order chi connectivity index (χ1) is 12.0. The van der Waals surface area contributed by atoms with Crippen LogP contribution in [0.2, 0.25) is 0 Å². The third-order valence-electron chi connectivity index (χ3n) is 4.48. The number of carbonyl (C=O) groups excluding carboxylic acids is 1. The van der Waals surface area contributed by atoms with E-state index in [0.717, 1.165) is 28.9 Å². The zero-order valence-corrected chi connectivity index (χ0v) is 15.3. The number of aryl methyl sites for hydroxylation is 1. The van der Waals surface area contributed by atoms with Gasteiger partial charge in [-0.2, -0.15) is 5.10 Å². The molecular weight excluding hydrogens is 308 g/mol. The summed E-state index contributed by atoms with van der Waals surface area (Å²) in [5.41, 5.74) is 5.98. The predicted molar refractivity (Wildman–Crippen MR) is 102 cm³/mol. The maximum atomic E-state index is 12.9. The first-order valence-electron chi connectivity index (χ1n) is 8.72. The van der Waals surface area contributed by atoms with E-state index in [1.54, 1.807) is 4.68 Å². The molecule has 0 aliphatic carbocycles. The SMILES string of the molecule is Cc1nn(C(=O)c2ccc(-c3ccccc3)cc2)c(C)c1CC(C)C. The molecule has 1 heterocycles. The summed E-state index contributed by atoms with van der Waals surface area (Å²) in [7, 11) is 0. The molecule has 0 saturated carbocycles. The van der Waals surface area contributed by atoms with Gasteiger partial charge < -0.3 is 0 Å². The van der Waals surface area contributed by atoms with Crippen molar-refractivity contribution in [2.45, 2.75) is 34.1 Å². The first kappa shape index (κ1) is 17.2. The second-order valence-corrected chi connectivity index (χ2v) is 6.91. The van der Waals surface area contributed by atoms with Gasteiger partial charge in [-0.15, -0.1) is 0 Å². The number of hydrogen-bond donors (Lipinski definition) is 0. The minimum Gasteiger partial charge on any atom is -0.267 e. The van der Waals surface area contributed by atoms with Gasteiger partial charge in [-0.25, -0.2) is 4.68 Å². The highest BCUT2D eigenvalue weighted by Crippen LogP contribution is 2.21. The van der Waals surface area contributed by atoms with Crippen LogP contribution in [0, 0.1) is 19.8 Å². The molecule has 0 saturated heterocycles. The average molecular weight is 332 g/mol. The third-order valence-corrected chi connectivity index (χ3v) is 4.48. The van der Waals surface area contributed by atoms with Crippen LogP contribution in [-0.2, 0) is 6.42 Å². The van der Waals surface area contributed by atoms with E-state index in [1.165, 1.54) is 5.56 Å². The predicted octanol–water partition coefficient (Wildman–Crippen LogP) is 5.05. The van der Waals surface area contributed by atoms with E-state index in [-0.39, 0.29) is 5.91 Å². The summed E-state index contributed by atoms with van der Waals surface area (Å²) in [6.45, 7) is 8.32. The van der Waals surface area contributed by atoms with Crippen molar-refractivity contribution >= 4 is 5.91 Å². The summed E-state index contributed by atoms with van der Waals surface area (Å²) in [5, 5.41) is 4.49. The van der Waals surface area contributed by atoms with E-state index in [9.17, 15) is 4.79 Å². The topological polar surface area (TPSA) is 34.9 Å². The number of carbonyl (C=O) groups is 1. The van der Waals surface area contributed by atoms with Gasteiger partial charge in [-0.3, -0.25) is 4.79 Å². The molecule has 0 aliphatic rings. The van der Waals surface area contributed by atoms with E-state index in [2.05, 4.69) is 31.1 Å². The quantitative estimate of drug-likeness (QED) is 0.670. The van der Waals surface area contributed by atoms with E-state index in [1.807, 2.05) is 56.3 Å². The van der Waals surface area contributed by atoms with Crippen molar-refractivity contribution in [3.05, 3.63) is 77.1 Å². The van der Waals surface area contributed by atoms with E-state index >= 15 is 0 Å². The molecule has 3 rings (SSSR count). The molecule has 128 valence electrons. The normalized spacial score (nSPS) is 11.1. The van der Waals surface area contributed by atoms with Crippen LogP contribution in [0.5, 0.6) is 0 Å². The number of aromatic nitrogens is 2. The Morgan fingerprint density at radius 2 is 1.56 bits per heavy atom. The molecule has 3 heteroatoms. The minimum atomic E-state index is -0.0739. The van der Waals surface area contributed by atoms with Gasteiger partial charge in [0.05, 0.1) is 5.69 Å². The monoisotopic (exact) mass is 332 g/mol. The summed E-state index contributed by atoms with van der Waals surface area (Å²) >= 11 is 0. The summed E-state index contributed by atoms with van der Waals surface area (Å²) in [6, 6.07) is 17.9. The Balaban J connectivity index is 1.89. The second kappa shape index (κ2) is 7.06. The van der Waals surface area contributed by atoms with Crippen molar-refractivity contribution in [2.75, 3.05) is 0 Å². The summed E-state index contributed by atoms with van der Waals surface area (Å²) < 4.78 is 1.55. The van der Waals surface area contributed by atoms with Crippen LogP contribution in [0.1, 0.15) is 41.2 Å². The summed E-state index contributed by atoms with van der Waals surface area (Å²) in [6.07, 6.45) is 0.942. The van der Waals surface area contributed by atoms with Gasteiger partial charge >= 0.3 is 0 Å². The zero-order chi connectivity index (χ0) is 18.0. The molecule has 0 radical (unpaired) electrons. The number of rotatable bonds is 4. The molecule has 0 spiro atoms. The summed E-state index contributed by atoms with van der Waals surface area (Å²) in [4.78, 5) is 12.9. The maximum Gasteiger partial charge on any atom is 0.278 e. The fourth-order valence-corrected chi connectivity index (χ4v) is 3.13. The fraction of sp³-hybridized carbons (Fsp3) is 0.273. The molecule has 3 aromatic rings. The molecule has 0 atom stereocenters. The Labute approximate surface area is 149 Å². The Hall–Kier alpha value is -2.68. The van der Waals surface area contributed by atoms with Gasteiger partial charge in [0, 0.05) is 11.3 Å². The molecule has 0 fully saturated rings. The van der Waals surface area contributed by atoms with Gasteiger partial charge in [0.25, 0.3) is 5.91 Å². The van der Waals surface area contributed by atoms with E-state index in [0.29, 0.717) is 11.5 Å². The van der Waals surface area contributed by atoms with Gasteiger partial charge in [-0.1, -0.05) is 56.3 Å². The lowest BCUT2D eigenvalue weighted by molar-refractivity contribution is 0.0942. The van der Waals surface area contributed by atoms with Crippen molar-refractivity contribution in [2.24, 2.45) is 5.92 Å². The highest BCUT2D eigenvalue weighted by molar-refractivity contribution is 5.96. The molecule has 0 amide bonds. The van der Waals surface area contributed by atoms with Crippen LogP contribution in [0.4, 0.5) is 0 Å². The van der Waals surface area contributed by atoms with Crippen molar-refractivity contribution in [3.63, 3.8) is 0 Å². The maximum absolute atomic E-state index is 12.9. The van der Waals surface area contributed by atoms with Crippen molar-refractivity contribution in [1.82, 2.24) is 9.78 Å². The lowest BCUT2D eigenvalue weighted by atomic mass is 10.0. The molecule has 1 aromatic heterocycles. The van der Waals surface area contributed by atoms with Gasteiger partial charge in [0.15, 0.2) is 0 Å². The summed E-state index contributed by atoms with van der Waals surface area (Å²) in [5.74, 6) is 0.463. The Bertz CT molecular complexity index is 874. The average Bonchev–Trinajstić information content (AvgIpc) is 2.90.